The molecule has 0 radical (unpaired) electrons. The van der Waals surface area contributed by atoms with Crippen molar-refractivity contribution in [2.75, 3.05) is 0 Å². The van der Waals surface area contributed by atoms with Crippen LogP contribution in [-0.2, 0) is 4.79 Å². The number of quaternary nitrogens is 1. The molecular weight excluding hydrogens is 324 g/mol. The molecular formula is C19H30ClN2O2+. The lowest BCUT2D eigenvalue weighted by Gasteiger charge is -2.43. The largest absolute Gasteiger partial charge is 0.481 e. The maximum absolute atomic E-state index is 12.5. The molecule has 0 bridgehead atoms. The molecule has 1 aromatic rings. The molecule has 1 fully saturated rings. The highest BCUT2D eigenvalue weighted by atomic mass is 35.5. The molecule has 1 aliphatic rings. The first-order chi connectivity index (χ1) is 11.0. The first-order valence-electron chi connectivity index (χ1n) is 8.58. The van der Waals surface area contributed by atoms with Crippen LogP contribution in [0.2, 0.25) is 5.02 Å². The molecule has 1 amide bonds. The maximum atomic E-state index is 12.5. The summed E-state index contributed by atoms with van der Waals surface area (Å²) in [6, 6.07) is 5.61. The zero-order valence-corrected chi connectivity index (χ0v) is 16.3. The molecule has 1 aliphatic heterocycles. The van der Waals surface area contributed by atoms with Gasteiger partial charge in [-0.05, 0) is 65.3 Å². The minimum atomic E-state index is -0.539. The zero-order chi connectivity index (χ0) is 18.1. The number of nitrogens with two attached hydrogens (primary N) is 1. The Morgan fingerprint density at radius 2 is 1.88 bits per heavy atom. The fourth-order valence-electron chi connectivity index (χ4n) is 3.89. The molecule has 2 rings (SSSR count). The molecule has 4 nitrogen and oxygen atoms in total. The van der Waals surface area contributed by atoms with Crippen LogP contribution in [0.4, 0.5) is 0 Å². The molecule has 134 valence electrons. The van der Waals surface area contributed by atoms with Gasteiger partial charge < -0.3 is 15.4 Å². The van der Waals surface area contributed by atoms with Crippen molar-refractivity contribution >= 4 is 17.5 Å². The lowest BCUT2D eigenvalue weighted by Crippen LogP contribution is -3.06. The van der Waals surface area contributed by atoms with Crippen molar-refractivity contribution in [3.63, 3.8) is 0 Å². The molecule has 0 spiro atoms. The van der Waals surface area contributed by atoms with E-state index in [1.165, 1.54) is 0 Å². The molecule has 5 heteroatoms. The van der Waals surface area contributed by atoms with Gasteiger partial charge in [0.15, 0.2) is 6.10 Å². The number of rotatable bonds is 4. The second-order valence-corrected chi connectivity index (χ2v) is 8.81. The second kappa shape index (κ2) is 6.93. The number of nitrogens with one attached hydrogen (secondary N) is 1. The fraction of sp³-hybridized carbons (Fsp3) is 0.632. The van der Waals surface area contributed by atoms with Crippen molar-refractivity contribution in [2.45, 2.75) is 77.6 Å². The first kappa shape index (κ1) is 19.1. The van der Waals surface area contributed by atoms with Gasteiger partial charge in [-0.25, -0.2) is 0 Å². The molecule has 1 heterocycles. The van der Waals surface area contributed by atoms with Crippen molar-refractivity contribution in [1.29, 1.82) is 0 Å². The number of aryl methyl sites for hydroxylation is 1. The lowest BCUT2D eigenvalue weighted by atomic mass is 9.79. The molecule has 24 heavy (non-hydrogen) atoms. The summed E-state index contributed by atoms with van der Waals surface area (Å²) >= 11 is 6.02. The van der Waals surface area contributed by atoms with Crippen LogP contribution >= 0.6 is 11.6 Å². The molecule has 0 unspecified atom stereocenters. The molecule has 0 saturated carbocycles. The fourth-order valence-corrected chi connectivity index (χ4v) is 4.00. The topological polar surface area (TPSA) is 54.9 Å². The van der Waals surface area contributed by atoms with Crippen LogP contribution in [0.15, 0.2) is 18.2 Å². The van der Waals surface area contributed by atoms with Crippen LogP contribution < -0.4 is 15.4 Å². The Morgan fingerprint density at radius 3 is 2.42 bits per heavy atom. The number of ether oxygens (including phenoxy) is 1. The monoisotopic (exact) mass is 353 g/mol. The van der Waals surface area contributed by atoms with E-state index < -0.39 is 6.10 Å². The summed E-state index contributed by atoms with van der Waals surface area (Å²) in [5, 5.41) is 6.26. The maximum Gasteiger partial charge on any atom is 0.261 e. The van der Waals surface area contributed by atoms with Gasteiger partial charge in [-0.2, -0.15) is 0 Å². The van der Waals surface area contributed by atoms with E-state index in [-0.39, 0.29) is 23.0 Å². The van der Waals surface area contributed by atoms with Crippen LogP contribution in [0, 0.1) is 6.92 Å². The van der Waals surface area contributed by atoms with Gasteiger partial charge >= 0.3 is 0 Å². The predicted octanol–water partition coefficient (Wildman–Crippen LogP) is 2.81. The minimum Gasteiger partial charge on any atom is -0.481 e. The molecule has 1 atom stereocenters. The molecule has 3 N–H and O–H groups in total. The number of hydrogen-bond acceptors (Lipinski definition) is 2. The third-order valence-electron chi connectivity index (χ3n) is 4.48. The summed E-state index contributed by atoms with van der Waals surface area (Å²) in [4.78, 5) is 12.5. The number of benzene rings is 1. The van der Waals surface area contributed by atoms with Crippen molar-refractivity contribution in [1.82, 2.24) is 5.32 Å². The quantitative estimate of drug-likeness (QED) is 0.874. The molecule has 0 aromatic heterocycles. The van der Waals surface area contributed by atoms with E-state index in [4.69, 9.17) is 16.3 Å². The predicted molar refractivity (Wildman–Crippen MR) is 97.5 cm³/mol. The normalized spacial score (nSPS) is 21.1. The Kier molecular flexibility index (Phi) is 5.50. The number of carbonyl (C=O) groups is 1. The Bertz CT molecular complexity index is 597. The number of carbonyl (C=O) groups excluding carboxylic acids is 1. The molecule has 1 aromatic carbocycles. The summed E-state index contributed by atoms with van der Waals surface area (Å²) in [6.45, 7) is 12.6. The summed E-state index contributed by atoms with van der Waals surface area (Å²) < 4.78 is 5.78. The van der Waals surface area contributed by atoms with Crippen molar-refractivity contribution in [2.24, 2.45) is 0 Å². The second-order valence-electron chi connectivity index (χ2n) is 8.41. The van der Waals surface area contributed by atoms with Gasteiger partial charge in [0.1, 0.15) is 5.75 Å². The number of piperidine rings is 1. The van der Waals surface area contributed by atoms with Gasteiger partial charge in [-0.3, -0.25) is 4.79 Å². The first-order valence-corrected chi connectivity index (χ1v) is 8.95. The van der Waals surface area contributed by atoms with E-state index in [9.17, 15) is 4.79 Å². The van der Waals surface area contributed by atoms with Crippen molar-refractivity contribution in [3.05, 3.63) is 28.8 Å². The summed E-state index contributed by atoms with van der Waals surface area (Å²) in [6.07, 6.45) is 1.37. The summed E-state index contributed by atoms with van der Waals surface area (Å²) in [7, 11) is 0. The smallest absolute Gasteiger partial charge is 0.261 e. The highest BCUT2D eigenvalue weighted by Gasteiger charge is 2.42. The standard InChI is InChI=1S/C19H29ClN2O2/c1-12-9-15(7-8-16(12)20)24-13(2)17(23)21-14-10-18(3,4)22-19(5,6)11-14/h7-9,13-14,22H,10-11H2,1-6H3,(H,21,23)/p+1/t13-/m1/s1. The Hall–Kier alpha value is -1.26. The molecule has 1 saturated heterocycles. The Labute approximate surface area is 150 Å². The minimum absolute atomic E-state index is 0.0684. The van der Waals surface area contributed by atoms with E-state index in [0.29, 0.717) is 10.8 Å². The van der Waals surface area contributed by atoms with E-state index in [2.05, 4.69) is 38.3 Å². The third kappa shape index (κ3) is 5.12. The van der Waals surface area contributed by atoms with Gasteiger partial charge in [-0.15, -0.1) is 0 Å². The highest BCUT2D eigenvalue weighted by molar-refractivity contribution is 6.31. The Morgan fingerprint density at radius 1 is 1.29 bits per heavy atom. The number of halogens is 1. The zero-order valence-electron chi connectivity index (χ0n) is 15.6. The molecule has 0 aliphatic carbocycles. The van der Waals surface area contributed by atoms with Crippen LogP contribution in [-0.4, -0.2) is 29.1 Å². The summed E-state index contributed by atoms with van der Waals surface area (Å²) in [5.41, 5.74) is 1.18. The van der Waals surface area contributed by atoms with Crippen molar-refractivity contribution in [3.8, 4) is 5.75 Å². The SMILES string of the molecule is Cc1cc(O[C@H](C)C(=O)NC2CC(C)(C)[NH2+]C(C)(C)C2)ccc1Cl. The van der Waals surface area contributed by atoms with E-state index in [1.807, 2.05) is 13.0 Å². The van der Waals surface area contributed by atoms with E-state index in [1.54, 1.807) is 19.1 Å². The van der Waals surface area contributed by atoms with Gasteiger partial charge in [0.05, 0.1) is 11.1 Å². The number of amides is 1. The van der Waals surface area contributed by atoms with Crippen LogP contribution in [0.25, 0.3) is 0 Å². The van der Waals surface area contributed by atoms with E-state index in [0.717, 1.165) is 18.4 Å². The van der Waals surface area contributed by atoms with Crippen LogP contribution in [0.5, 0.6) is 5.75 Å². The van der Waals surface area contributed by atoms with Gasteiger partial charge in [-0.1, -0.05) is 11.6 Å². The number of hydrogen-bond donors (Lipinski definition) is 2. The third-order valence-corrected chi connectivity index (χ3v) is 4.91. The van der Waals surface area contributed by atoms with Crippen LogP contribution in [0.1, 0.15) is 53.0 Å². The lowest BCUT2D eigenvalue weighted by molar-refractivity contribution is -0.787. The van der Waals surface area contributed by atoms with E-state index >= 15 is 0 Å². The van der Waals surface area contributed by atoms with Gasteiger partial charge in [0, 0.05) is 23.9 Å². The van der Waals surface area contributed by atoms with Crippen LogP contribution in [0.3, 0.4) is 0 Å². The average molecular weight is 354 g/mol. The summed E-state index contributed by atoms with van der Waals surface area (Å²) in [5.74, 6) is 0.596. The van der Waals surface area contributed by atoms with Gasteiger partial charge in [0.25, 0.3) is 5.91 Å². The Balaban J connectivity index is 1.97. The van der Waals surface area contributed by atoms with Gasteiger partial charge in [0.2, 0.25) is 0 Å². The average Bonchev–Trinajstić information content (AvgIpc) is 2.39. The highest BCUT2D eigenvalue weighted by Crippen LogP contribution is 2.23. The van der Waals surface area contributed by atoms with Crippen molar-refractivity contribution < 1.29 is 14.8 Å².